The lowest BCUT2D eigenvalue weighted by atomic mass is 10.3. The molecule has 0 amide bonds. The van der Waals surface area contributed by atoms with Crippen molar-refractivity contribution < 1.29 is 0 Å². The number of nitrogens with zero attached hydrogens (tertiary/aromatic N) is 5. The highest BCUT2D eigenvalue weighted by molar-refractivity contribution is 5.78. The lowest BCUT2D eigenvalue weighted by Gasteiger charge is -2.35. The van der Waals surface area contributed by atoms with Gasteiger partial charge in [-0.05, 0) is 24.8 Å². The van der Waals surface area contributed by atoms with Crippen LogP contribution in [0.15, 0.2) is 23.5 Å². The van der Waals surface area contributed by atoms with Gasteiger partial charge in [0.05, 0.1) is 0 Å². The van der Waals surface area contributed by atoms with Crippen LogP contribution in [0.25, 0.3) is 0 Å². The summed E-state index contributed by atoms with van der Waals surface area (Å²) in [4.78, 5) is 17.4. The first-order valence-electron chi connectivity index (χ1n) is 6.90. The second-order valence-electron chi connectivity index (χ2n) is 5.17. The number of piperazine rings is 1. The quantitative estimate of drug-likeness (QED) is 0.626. The molecule has 3 rings (SSSR count). The summed E-state index contributed by atoms with van der Waals surface area (Å²) in [6, 6.07) is 1.84. The molecule has 0 atom stereocenters. The average molecular weight is 260 g/mol. The highest BCUT2D eigenvalue weighted by Crippen LogP contribution is 2.28. The minimum absolute atomic E-state index is 0.695. The molecule has 1 saturated heterocycles. The van der Waals surface area contributed by atoms with E-state index in [1.165, 1.54) is 12.8 Å². The molecule has 0 spiro atoms. The Hall–Kier alpha value is -1.85. The standard InChI is InChI=1S/C13H20N6/c14-12(17-10-11-2-3-11)18-6-8-19(9-7-18)13-15-4-1-5-16-13/h1,4-5,11H,2-3,6-10H2,(H2,14,17). The zero-order valence-electron chi connectivity index (χ0n) is 11.1. The molecule has 2 aliphatic rings. The van der Waals surface area contributed by atoms with Gasteiger partial charge in [0, 0.05) is 45.1 Å². The number of guanidine groups is 1. The summed E-state index contributed by atoms with van der Waals surface area (Å²) in [5.41, 5.74) is 6.03. The zero-order valence-corrected chi connectivity index (χ0v) is 11.1. The maximum Gasteiger partial charge on any atom is 0.225 e. The van der Waals surface area contributed by atoms with Gasteiger partial charge in [0.25, 0.3) is 0 Å². The van der Waals surface area contributed by atoms with Gasteiger partial charge in [0.15, 0.2) is 5.96 Å². The van der Waals surface area contributed by atoms with Gasteiger partial charge in [-0.15, -0.1) is 0 Å². The monoisotopic (exact) mass is 260 g/mol. The first kappa shape index (κ1) is 12.2. The van der Waals surface area contributed by atoms with E-state index in [2.05, 4.69) is 24.8 Å². The molecule has 2 fully saturated rings. The van der Waals surface area contributed by atoms with E-state index in [1.54, 1.807) is 12.4 Å². The van der Waals surface area contributed by atoms with Crippen molar-refractivity contribution in [2.24, 2.45) is 16.6 Å². The summed E-state index contributed by atoms with van der Waals surface area (Å²) in [5, 5.41) is 0. The Morgan fingerprint density at radius 3 is 2.53 bits per heavy atom. The van der Waals surface area contributed by atoms with Crippen LogP contribution in [0, 0.1) is 5.92 Å². The third-order valence-electron chi connectivity index (χ3n) is 3.65. The van der Waals surface area contributed by atoms with E-state index in [0.717, 1.165) is 44.6 Å². The van der Waals surface area contributed by atoms with E-state index in [1.807, 2.05) is 6.07 Å². The van der Waals surface area contributed by atoms with E-state index in [0.29, 0.717) is 5.96 Å². The molecule has 2 heterocycles. The van der Waals surface area contributed by atoms with Crippen LogP contribution >= 0.6 is 0 Å². The molecule has 6 heteroatoms. The number of rotatable bonds is 3. The summed E-state index contributed by atoms with van der Waals surface area (Å²) in [5.74, 6) is 2.29. The number of hydrogen-bond donors (Lipinski definition) is 1. The Balaban J connectivity index is 1.52. The Bertz CT molecular complexity index is 434. The Morgan fingerprint density at radius 1 is 1.21 bits per heavy atom. The summed E-state index contributed by atoms with van der Waals surface area (Å²) in [6.07, 6.45) is 6.19. The number of nitrogens with two attached hydrogens (primary N) is 1. The predicted molar refractivity (Wildman–Crippen MR) is 75.0 cm³/mol. The Morgan fingerprint density at radius 2 is 1.89 bits per heavy atom. The molecule has 1 aliphatic carbocycles. The van der Waals surface area contributed by atoms with Gasteiger partial charge in [-0.3, -0.25) is 4.99 Å². The predicted octanol–water partition coefficient (Wildman–Crippen LogP) is 0.323. The number of hydrogen-bond acceptors (Lipinski definition) is 4. The average Bonchev–Trinajstić information content (AvgIpc) is 3.30. The van der Waals surface area contributed by atoms with Gasteiger partial charge in [0.1, 0.15) is 0 Å². The van der Waals surface area contributed by atoms with Crippen LogP contribution in [0.5, 0.6) is 0 Å². The fraction of sp³-hybridized carbons (Fsp3) is 0.615. The van der Waals surface area contributed by atoms with Crippen LogP contribution in [0.2, 0.25) is 0 Å². The van der Waals surface area contributed by atoms with Crippen molar-refractivity contribution in [3.63, 3.8) is 0 Å². The van der Waals surface area contributed by atoms with Crippen molar-refractivity contribution in [2.45, 2.75) is 12.8 Å². The fourth-order valence-corrected chi connectivity index (χ4v) is 2.21. The smallest absolute Gasteiger partial charge is 0.225 e. The minimum Gasteiger partial charge on any atom is -0.370 e. The largest absolute Gasteiger partial charge is 0.370 e. The summed E-state index contributed by atoms with van der Waals surface area (Å²) >= 11 is 0. The second kappa shape index (κ2) is 5.42. The third-order valence-corrected chi connectivity index (χ3v) is 3.65. The first-order valence-corrected chi connectivity index (χ1v) is 6.90. The molecule has 0 aromatic carbocycles. The second-order valence-corrected chi connectivity index (χ2v) is 5.17. The topological polar surface area (TPSA) is 70.6 Å². The summed E-state index contributed by atoms with van der Waals surface area (Å²) in [7, 11) is 0. The van der Waals surface area contributed by atoms with Crippen molar-refractivity contribution >= 4 is 11.9 Å². The van der Waals surface area contributed by atoms with Crippen molar-refractivity contribution in [3.05, 3.63) is 18.5 Å². The zero-order chi connectivity index (χ0) is 13.1. The van der Waals surface area contributed by atoms with Gasteiger partial charge in [0.2, 0.25) is 5.95 Å². The Labute approximate surface area is 113 Å². The van der Waals surface area contributed by atoms with Crippen molar-refractivity contribution in [3.8, 4) is 0 Å². The lowest BCUT2D eigenvalue weighted by Crippen LogP contribution is -2.51. The summed E-state index contributed by atoms with van der Waals surface area (Å²) < 4.78 is 0. The fourth-order valence-electron chi connectivity index (χ4n) is 2.21. The van der Waals surface area contributed by atoms with Crippen LogP contribution in [-0.4, -0.2) is 53.6 Å². The van der Waals surface area contributed by atoms with Gasteiger partial charge >= 0.3 is 0 Å². The molecule has 1 aromatic rings. The molecular weight excluding hydrogens is 240 g/mol. The van der Waals surface area contributed by atoms with Gasteiger partial charge in [-0.25, -0.2) is 9.97 Å². The molecule has 19 heavy (non-hydrogen) atoms. The molecule has 1 aromatic heterocycles. The minimum atomic E-state index is 0.695. The molecule has 1 saturated carbocycles. The molecular formula is C13H20N6. The molecule has 102 valence electrons. The SMILES string of the molecule is NC(=NCC1CC1)N1CCN(c2ncccn2)CC1. The molecule has 0 radical (unpaired) electrons. The number of aromatic nitrogens is 2. The van der Waals surface area contributed by atoms with Crippen LogP contribution in [0.3, 0.4) is 0 Å². The normalized spacial score (nSPS) is 20.7. The molecule has 2 N–H and O–H groups in total. The maximum absolute atomic E-state index is 6.03. The van der Waals surface area contributed by atoms with E-state index in [-0.39, 0.29) is 0 Å². The molecule has 6 nitrogen and oxygen atoms in total. The summed E-state index contributed by atoms with van der Waals surface area (Å²) in [6.45, 7) is 4.46. The van der Waals surface area contributed by atoms with Crippen LogP contribution in [-0.2, 0) is 0 Å². The molecule has 0 unspecified atom stereocenters. The van der Waals surface area contributed by atoms with Crippen LogP contribution in [0.1, 0.15) is 12.8 Å². The highest BCUT2D eigenvalue weighted by Gasteiger charge is 2.22. The van der Waals surface area contributed by atoms with E-state index >= 15 is 0 Å². The van der Waals surface area contributed by atoms with Gasteiger partial charge in [-0.2, -0.15) is 0 Å². The number of aliphatic imine (C=N–C) groups is 1. The number of anilines is 1. The van der Waals surface area contributed by atoms with Crippen LogP contribution < -0.4 is 10.6 Å². The van der Waals surface area contributed by atoms with Gasteiger partial charge < -0.3 is 15.5 Å². The third kappa shape index (κ3) is 3.13. The molecule has 1 aliphatic heterocycles. The Kier molecular flexibility index (Phi) is 3.48. The van der Waals surface area contributed by atoms with Crippen LogP contribution in [0.4, 0.5) is 5.95 Å². The van der Waals surface area contributed by atoms with E-state index in [9.17, 15) is 0 Å². The van der Waals surface area contributed by atoms with Crippen molar-refractivity contribution in [1.29, 1.82) is 0 Å². The van der Waals surface area contributed by atoms with Crippen molar-refractivity contribution in [1.82, 2.24) is 14.9 Å². The first-order chi connectivity index (χ1) is 9.33. The maximum atomic E-state index is 6.03. The van der Waals surface area contributed by atoms with E-state index in [4.69, 9.17) is 5.73 Å². The lowest BCUT2D eigenvalue weighted by molar-refractivity contribution is 0.378. The van der Waals surface area contributed by atoms with Crippen molar-refractivity contribution in [2.75, 3.05) is 37.6 Å². The van der Waals surface area contributed by atoms with E-state index < -0.39 is 0 Å². The van der Waals surface area contributed by atoms with Gasteiger partial charge in [-0.1, -0.05) is 0 Å². The molecule has 0 bridgehead atoms. The highest BCUT2D eigenvalue weighted by atomic mass is 15.3.